The van der Waals surface area contributed by atoms with Crippen LogP contribution in [-0.4, -0.2) is 30.9 Å². The van der Waals surface area contributed by atoms with Crippen molar-refractivity contribution in [2.75, 3.05) is 13.2 Å². The Kier molecular flexibility index (Phi) is 7.59. The first-order valence-corrected chi connectivity index (χ1v) is 12.0. The Morgan fingerprint density at radius 1 is 1.00 bits per heavy atom. The largest absolute Gasteiger partial charge is 0.490 e. The second-order valence-corrected chi connectivity index (χ2v) is 8.87. The van der Waals surface area contributed by atoms with Crippen molar-refractivity contribution >= 4 is 55.6 Å². The zero-order chi connectivity index (χ0) is 24.1. The van der Waals surface area contributed by atoms with Gasteiger partial charge in [0.15, 0.2) is 29.6 Å². The molecular formula is C26H19Br2NO5. The van der Waals surface area contributed by atoms with E-state index in [0.717, 1.165) is 4.47 Å². The number of rotatable bonds is 8. The molecule has 0 saturated heterocycles. The number of cyclic esters (lactones) is 1. The second-order valence-electron chi connectivity index (χ2n) is 7.16. The highest BCUT2D eigenvalue weighted by atomic mass is 79.9. The molecule has 172 valence electrons. The predicted octanol–water partition coefficient (Wildman–Crippen LogP) is 6.22. The Morgan fingerprint density at radius 3 is 2.47 bits per heavy atom. The van der Waals surface area contributed by atoms with Gasteiger partial charge in [0.25, 0.3) is 0 Å². The Labute approximate surface area is 213 Å². The highest BCUT2D eigenvalue weighted by molar-refractivity contribution is 9.10. The average molecular weight is 585 g/mol. The van der Waals surface area contributed by atoms with Gasteiger partial charge in [0.1, 0.15) is 0 Å². The summed E-state index contributed by atoms with van der Waals surface area (Å²) in [6.45, 7) is 2.09. The molecule has 0 saturated carbocycles. The minimum atomic E-state index is -0.548. The van der Waals surface area contributed by atoms with Crippen molar-refractivity contribution in [1.29, 1.82) is 0 Å². The van der Waals surface area contributed by atoms with Crippen LogP contribution in [-0.2, 0) is 9.53 Å². The number of carbonyl (C=O) groups is 2. The van der Waals surface area contributed by atoms with Crippen LogP contribution in [0.4, 0.5) is 0 Å². The Hall–Kier alpha value is -3.23. The fraction of sp³-hybridized carbons (Fsp3) is 0.115. The molecule has 0 amide bonds. The van der Waals surface area contributed by atoms with Gasteiger partial charge in [-0.15, -0.1) is 0 Å². The molecule has 0 N–H and O–H groups in total. The van der Waals surface area contributed by atoms with E-state index in [1.165, 1.54) is 0 Å². The molecule has 1 aliphatic rings. The van der Waals surface area contributed by atoms with Crippen LogP contribution in [0, 0.1) is 0 Å². The maximum Gasteiger partial charge on any atom is 0.363 e. The molecule has 4 rings (SSSR count). The topological polar surface area (TPSA) is 74.2 Å². The van der Waals surface area contributed by atoms with E-state index in [1.54, 1.807) is 42.5 Å². The van der Waals surface area contributed by atoms with Crippen LogP contribution in [0.1, 0.15) is 28.4 Å². The zero-order valence-electron chi connectivity index (χ0n) is 18.1. The monoisotopic (exact) mass is 583 g/mol. The van der Waals surface area contributed by atoms with Gasteiger partial charge in [-0.3, -0.25) is 4.79 Å². The lowest BCUT2D eigenvalue weighted by atomic mass is 10.1. The molecule has 0 fully saturated rings. The van der Waals surface area contributed by atoms with E-state index in [1.807, 2.05) is 37.3 Å². The quantitative estimate of drug-likeness (QED) is 0.179. The molecule has 0 unspecified atom stereocenters. The minimum absolute atomic E-state index is 0.144. The molecule has 1 heterocycles. The summed E-state index contributed by atoms with van der Waals surface area (Å²) in [6.07, 6.45) is 1.61. The van der Waals surface area contributed by atoms with E-state index in [0.29, 0.717) is 39.3 Å². The normalized spacial score (nSPS) is 14.0. The molecule has 0 atom stereocenters. The van der Waals surface area contributed by atoms with E-state index in [2.05, 4.69) is 36.9 Å². The van der Waals surface area contributed by atoms with Crippen LogP contribution in [0.3, 0.4) is 0 Å². The molecule has 3 aromatic carbocycles. The molecule has 0 bridgehead atoms. The molecule has 1 aliphatic heterocycles. The van der Waals surface area contributed by atoms with Crippen LogP contribution in [0.5, 0.6) is 11.5 Å². The first kappa shape index (κ1) is 23.9. The number of halogens is 2. The average Bonchev–Trinajstić information content (AvgIpc) is 3.19. The lowest BCUT2D eigenvalue weighted by Gasteiger charge is -2.14. The van der Waals surface area contributed by atoms with Crippen molar-refractivity contribution in [3.05, 3.63) is 98.1 Å². The van der Waals surface area contributed by atoms with Crippen molar-refractivity contribution < 1.29 is 23.8 Å². The first-order chi connectivity index (χ1) is 16.5. The third kappa shape index (κ3) is 5.46. The number of carbonyl (C=O) groups excluding carboxylic acids is 2. The number of nitrogens with zero attached hydrogens (tertiary/aromatic N) is 1. The van der Waals surface area contributed by atoms with Gasteiger partial charge in [0.05, 0.1) is 16.6 Å². The molecule has 0 spiro atoms. The van der Waals surface area contributed by atoms with Gasteiger partial charge < -0.3 is 14.2 Å². The van der Waals surface area contributed by atoms with Crippen LogP contribution in [0.15, 0.2) is 86.4 Å². The predicted molar refractivity (Wildman–Crippen MR) is 136 cm³/mol. The summed E-state index contributed by atoms with van der Waals surface area (Å²) in [5.74, 6) is 0.371. The number of esters is 1. The molecular weight excluding hydrogens is 566 g/mol. The van der Waals surface area contributed by atoms with E-state index >= 15 is 0 Å². The van der Waals surface area contributed by atoms with Crippen molar-refractivity contribution in [3.63, 3.8) is 0 Å². The molecule has 3 aromatic rings. The number of Topliss-reactive ketones (excluding diaryl/α,β-unsaturated/α-hetero) is 1. The minimum Gasteiger partial charge on any atom is -0.490 e. The summed E-state index contributed by atoms with van der Waals surface area (Å²) in [7, 11) is 0. The molecule has 0 aliphatic carbocycles. The highest BCUT2D eigenvalue weighted by Crippen LogP contribution is 2.38. The van der Waals surface area contributed by atoms with Gasteiger partial charge in [-0.2, -0.15) is 0 Å². The lowest BCUT2D eigenvalue weighted by Crippen LogP contribution is -2.12. The Bertz CT molecular complexity index is 1300. The standard InChI is InChI=1S/C26H19Br2NO5/c1-2-32-23-14-16(12-20(28)24(23)33-15-22(30)17-8-4-3-5-9-17)13-21-26(31)34-25(29-21)18-10-6-7-11-19(18)27/h3-14H,2,15H2,1H3/b21-13-. The summed E-state index contributed by atoms with van der Waals surface area (Å²) in [6, 6.07) is 19.8. The van der Waals surface area contributed by atoms with E-state index in [4.69, 9.17) is 14.2 Å². The second kappa shape index (κ2) is 10.8. The van der Waals surface area contributed by atoms with Crippen molar-refractivity contribution in [2.45, 2.75) is 6.92 Å². The molecule has 0 radical (unpaired) electrons. The van der Waals surface area contributed by atoms with Crippen molar-refractivity contribution in [2.24, 2.45) is 4.99 Å². The van der Waals surface area contributed by atoms with Crippen molar-refractivity contribution in [3.8, 4) is 11.5 Å². The first-order valence-electron chi connectivity index (χ1n) is 10.4. The highest BCUT2D eigenvalue weighted by Gasteiger charge is 2.25. The Morgan fingerprint density at radius 2 is 1.74 bits per heavy atom. The third-order valence-electron chi connectivity index (χ3n) is 4.80. The maximum atomic E-state index is 12.4. The van der Waals surface area contributed by atoms with Crippen LogP contribution in [0.2, 0.25) is 0 Å². The smallest absolute Gasteiger partial charge is 0.363 e. The van der Waals surface area contributed by atoms with Gasteiger partial charge in [0.2, 0.25) is 5.90 Å². The third-order valence-corrected chi connectivity index (χ3v) is 6.08. The Balaban J connectivity index is 1.60. The zero-order valence-corrected chi connectivity index (χ0v) is 21.3. The fourth-order valence-electron chi connectivity index (χ4n) is 3.24. The van der Waals surface area contributed by atoms with Crippen LogP contribution < -0.4 is 9.47 Å². The number of benzene rings is 3. The lowest BCUT2D eigenvalue weighted by molar-refractivity contribution is -0.129. The summed E-state index contributed by atoms with van der Waals surface area (Å²) in [5.41, 5.74) is 2.06. The number of ketones is 1. The number of aliphatic imine (C=N–C) groups is 1. The number of hydrogen-bond acceptors (Lipinski definition) is 6. The van der Waals surface area contributed by atoms with Crippen molar-refractivity contribution in [1.82, 2.24) is 0 Å². The SMILES string of the molecule is CCOc1cc(/C=C2\N=C(c3ccccc3Br)OC2=O)cc(Br)c1OCC(=O)c1ccccc1. The molecule has 0 aromatic heterocycles. The van der Waals surface area contributed by atoms with Crippen LogP contribution in [0.25, 0.3) is 6.08 Å². The van der Waals surface area contributed by atoms with Gasteiger partial charge >= 0.3 is 5.97 Å². The molecule has 34 heavy (non-hydrogen) atoms. The van der Waals surface area contributed by atoms with E-state index < -0.39 is 5.97 Å². The summed E-state index contributed by atoms with van der Waals surface area (Å²) >= 11 is 6.94. The van der Waals surface area contributed by atoms with Gasteiger partial charge in [-0.1, -0.05) is 42.5 Å². The van der Waals surface area contributed by atoms with E-state index in [9.17, 15) is 9.59 Å². The van der Waals surface area contributed by atoms with Crippen LogP contribution >= 0.6 is 31.9 Å². The van der Waals surface area contributed by atoms with E-state index in [-0.39, 0.29) is 24.0 Å². The number of ether oxygens (including phenoxy) is 3. The molecule has 6 nitrogen and oxygen atoms in total. The van der Waals surface area contributed by atoms with Gasteiger partial charge in [-0.05, 0) is 74.7 Å². The maximum absolute atomic E-state index is 12.4. The summed E-state index contributed by atoms with van der Waals surface area (Å²) in [5, 5.41) is 0. The van der Waals surface area contributed by atoms with Gasteiger partial charge in [0, 0.05) is 10.0 Å². The molecule has 8 heteroatoms. The van der Waals surface area contributed by atoms with Gasteiger partial charge in [-0.25, -0.2) is 9.79 Å². The summed E-state index contributed by atoms with van der Waals surface area (Å²) < 4.78 is 18.3. The fourth-order valence-corrected chi connectivity index (χ4v) is 4.26. The number of hydrogen-bond donors (Lipinski definition) is 0. The summed E-state index contributed by atoms with van der Waals surface area (Å²) in [4.78, 5) is 29.2.